The first-order valence-electron chi connectivity index (χ1n) is 8.62. The summed E-state index contributed by atoms with van der Waals surface area (Å²) in [5, 5.41) is 8.34. The molecule has 0 amide bonds. The van der Waals surface area contributed by atoms with Gasteiger partial charge in [0.1, 0.15) is 5.75 Å². The van der Waals surface area contributed by atoms with Crippen molar-refractivity contribution in [2.45, 2.75) is 6.54 Å². The Hall–Kier alpha value is -1.50. The minimum absolute atomic E-state index is 0.112. The molecule has 28 heavy (non-hydrogen) atoms. The lowest BCUT2D eigenvalue weighted by molar-refractivity contribution is -0.133. The summed E-state index contributed by atoms with van der Waals surface area (Å²) in [6.45, 7) is 3.94. The fraction of sp³-hybridized carbons (Fsp3) is 0.529. The molecule has 0 aromatic heterocycles. The van der Waals surface area contributed by atoms with Crippen LogP contribution < -0.4 is 4.74 Å². The molecule has 2 rings (SSSR count). The Morgan fingerprint density at radius 1 is 1.36 bits per heavy atom. The van der Waals surface area contributed by atoms with Gasteiger partial charge in [0.25, 0.3) is 0 Å². The maximum absolute atomic E-state index is 12.2. The second-order valence-corrected chi connectivity index (χ2v) is 7.97. The van der Waals surface area contributed by atoms with Crippen LogP contribution >= 0.6 is 11.8 Å². The quantitative estimate of drug-likeness (QED) is 0.521. The number of nitrogens with zero attached hydrogens (tertiary/aromatic N) is 2. The fourth-order valence-electron chi connectivity index (χ4n) is 2.72. The minimum Gasteiger partial charge on any atom is -0.496 e. The number of carbonyl (C=O) groups excluding carboxylic acids is 1. The van der Waals surface area contributed by atoms with E-state index in [1.54, 1.807) is 18.2 Å². The van der Waals surface area contributed by atoms with E-state index in [1.807, 2.05) is 0 Å². The molecule has 9 nitrogen and oxygen atoms in total. The van der Waals surface area contributed by atoms with Gasteiger partial charge in [-0.1, -0.05) is 11.8 Å². The predicted octanol–water partition coefficient (Wildman–Crippen LogP) is 0.924. The van der Waals surface area contributed by atoms with Crippen molar-refractivity contribution in [3.05, 3.63) is 29.3 Å². The Labute approximate surface area is 170 Å². The number of carboxylic acids is 1. The zero-order valence-corrected chi connectivity index (χ0v) is 17.2. The molecule has 1 aliphatic heterocycles. The number of hydrogen-bond acceptors (Lipinski definition) is 7. The highest BCUT2D eigenvalue weighted by atomic mass is 32.2. The highest BCUT2D eigenvalue weighted by Crippen LogP contribution is 2.24. The van der Waals surface area contributed by atoms with Crippen molar-refractivity contribution in [2.24, 2.45) is 0 Å². The minimum atomic E-state index is -2.19. The molecule has 0 aliphatic carbocycles. The van der Waals surface area contributed by atoms with E-state index in [0.717, 1.165) is 13.1 Å². The van der Waals surface area contributed by atoms with Crippen LogP contribution in [0, 0.1) is 0 Å². The first-order valence-corrected chi connectivity index (χ1v) is 10.7. The van der Waals surface area contributed by atoms with Crippen LogP contribution in [0.3, 0.4) is 0 Å². The molecule has 1 heterocycles. The predicted molar refractivity (Wildman–Crippen MR) is 106 cm³/mol. The number of aliphatic carboxylic acids is 1. The lowest BCUT2D eigenvalue weighted by atomic mass is 10.1. The summed E-state index contributed by atoms with van der Waals surface area (Å²) < 4.78 is 33.4. The standard InChI is InChI=1S/C17H24N2O7S2/c1-25-15-3-2-13(17(22)27-12-16(20)21)10-14(15)11-19(28(23)24)5-4-18-6-8-26-9-7-18/h2-3,10H,4-9,11-12H2,1H3,(H,20,21)(H,23,24). The van der Waals surface area contributed by atoms with Crippen LogP contribution in [0.2, 0.25) is 0 Å². The molecular formula is C17H24N2O7S2. The number of rotatable bonds is 10. The maximum Gasteiger partial charge on any atom is 0.313 e. The van der Waals surface area contributed by atoms with Crippen LogP contribution in [0.1, 0.15) is 15.9 Å². The number of ether oxygens (including phenoxy) is 2. The first-order chi connectivity index (χ1) is 13.4. The Bertz CT molecular complexity index is 711. The van der Waals surface area contributed by atoms with E-state index in [-0.39, 0.29) is 17.4 Å². The second-order valence-electron chi connectivity index (χ2n) is 6.04. The van der Waals surface area contributed by atoms with Gasteiger partial charge in [-0.05, 0) is 18.2 Å². The Morgan fingerprint density at radius 3 is 2.68 bits per heavy atom. The molecule has 0 radical (unpaired) electrons. The third kappa shape index (κ3) is 7.15. The molecule has 0 bridgehead atoms. The summed E-state index contributed by atoms with van der Waals surface area (Å²) in [7, 11) is 1.48. The van der Waals surface area contributed by atoms with Crippen molar-refractivity contribution in [3.63, 3.8) is 0 Å². The maximum atomic E-state index is 12.2. The van der Waals surface area contributed by atoms with Crippen LogP contribution in [0.5, 0.6) is 5.75 Å². The van der Waals surface area contributed by atoms with E-state index in [4.69, 9.17) is 14.6 Å². The summed E-state index contributed by atoms with van der Waals surface area (Å²) in [5.74, 6) is -0.911. The van der Waals surface area contributed by atoms with Gasteiger partial charge in [-0.15, -0.1) is 0 Å². The molecule has 2 N–H and O–H groups in total. The van der Waals surface area contributed by atoms with Gasteiger partial charge in [0.05, 0.1) is 26.1 Å². The topological polar surface area (TPSA) is 117 Å². The fourth-order valence-corrected chi connectivity index (χ4v) is 3.76. The summed E-state index contributed by atoms with van der Waals surface area (Å²) in [6.07, 6.45) is 0. The van der Waals surface area contributed by atoms with E-state index < -0.39 is 17.2 Å². The van der Waals surface area contributed by atoms with E-state index in [0.29, 0.717) is 54.9 Å². The number of methoxy groups -OCH3 is 1. The molecule has 1 atom stereocenters. The number of benzene rings is 1. The van der Waals surface area contributed by atoms with Crippen molar-refractivity contribution in [1.29, 1.82) is 0 Å². The molecule has 1 aromatic rings. The van der Waals surface area contributed by atoms with Crippen molar-refractivity contribution in [3.8, 4) is 5.75 Å². The molecule has 1 saturated heterocycles. The van der Waals surface area contributed by atoms with Crippen LogP contribution in [-0.4, -0.2) is 86.4 Å². The Balaban J connectivity index is 2.08. The average molecular weight is 433 g/mol. The first kappa shape index (κ1) is 22.8. The monoisotopic (exact) mass is 432 g/mol. The van der Waals surface area contributed by atoms with Gasteiger partial charge in [-0.25, -0.2) is 4.21 Å². The number of carboxylic acid groups (broad SMARTS) is 1. The van der Waals surface area contributed by atoms with Gasteiger partial charge in [0.15, 0.2) is 0 Å². The molecule has 1 fully saturated rings. The number of carbonyl (C=O) groups is 2. The van der Waals surface area contributed by atoms with Crippen LogP contribution in [0.15, 0.2) is 18.2 Å². The number of hydrogen-bond donors (Lipinski definition) is 2. The summed E-state index contributed by atoms with van der Waals surface area (Å²) in [6, 6.07) is 4.72. The van der Waals surface area contributed by atoms with Gasteiger partial charge in [0, 0.05) is 43.9 Å². The third-order valence-corrected chi connectivity index (χ3v) is 5.82. The zero-order valence-electron chi connectivity index (χ0n) is 15.5. The van der Waals surface area contributed by atoms with E-state index in [9.17, 15) is 18.4 Å². The average Bonchev–Trinajstić information content (AvgIpc) is 2.69. The van der Waals surface area contributed by atoms with E-state index >= 15 is 0 Å². The van der Waals surface area contributed by atoms with E-state index in [2.05, 4.69) is 4.90 Å². The molecule has 1 aromatic carbocycles. The molecule has 1 unspecified atom stereocenters. The van der Waals surface area contributed by atoms with Crippen molar-refractivity contribution >= 4 is 34.1 Å². The number of thioether (sulfide) groups is 1. The van der Waals surface area contributed by atoms with E-state index in [1.165, 1.54) is 11.4 Å². The van der Waals surface area contributed by atoms with Gasteiger partial charge >= 0.3 is 5.97 Å². The summed E-state index contributed by atoms with van der Waals surface area (Å²) in [5.41, 5.74) is 0.896. The highest BCUT2D eigenvalue weighted by Gasteiger charge is 2.19. The second kappa shape index (κ2) is 11.5. The molecule has 0 spiro atoms. The smallest absolute Gasteiger partial charge is 0.313 e. The summed E-state index contributed by atoms with van der Waals surface area (Å²) in [4.78, 5) is 25.0. The number of morpholine rings is 1. The molecule has 0 saturated carbocycles. The van der Waals surface area contributed by atoms with Crippen molar-refractivity contribution < 1.29 is 32.9 Å². The SMILES string of the molecule is COc1ccc(C(=O)SCC(=O)O)cc1CN(CCN1CCOCC1)S(=O)O. The zero-order chi connectivity index (χ0) is 20.5. The Kier molecular flexibility index (Phi) is 9.35. The summed E-state index contributed by atoms with van der Waals surface area (Å²) >= 11 is -1.50. The van der Waals surface area contributed by atoms with Crippen LogP contribution in [0.4, 0.5) is 0 Å². The molecule has 1 aliphatic rings. The van der Waals surface area contributed by atoms with Crippen molar-refractivity contribution in [1.82, 2.24) is 9.21 Å². The molecule has 11 heteroatoms. The Morgan fingerprint density at radius 2 is 2.07 bits per heavy atom. The van der Waals surface area contributed by atoms with Gasteiger partial charge in [0.2, 0.25) is 16.4 Å². The van der Waals surface area contributed by atoms with Gasteiger partial charge < -0.3 is 14.6 Å². The van der Waals surface area contributed by atoms with Crippen molar-refractivity contribution in [2.75, 3.05) is 52.3 Å². The lowest BCUT2D eigenvalue weighted by Gasteiger charge is -2.28. The lowest BCUT2D eigenvalue weighted by Crippen LogP contribution is -2.41. The highest BCUT2D eigenvalue weighted by molar-refractivity contribution is 8.14. The van der Waals surface area contributed by atoms with Crippen LogP contribution in [0.25, 0.3) is 0 Å². The molecule has 156 valence electrons. The van der Waals surface area contributed by atoms with Crippen LogP contribution in [-0.2, 0) is 27.3 Å². The third-order valence-electron chi connectivity index (χ3n) is 4.18. The normalized spacial score (nSPS) is 16.1. The largest absolute Gasteiger partial charge is 0.496 e. The van der Waals surface area contributed by atoms with Gasteiger partial charge in [-0.2, -0.15) is 4.31 Å². The van der Waals surface area contributed by atoms with Gasteiger partial charge in [-0.3, -0.25) is 19.0 Å². The molecular weight excluding hydrogens is 408 g/mol.